The van der Waals surface area contributed by atoms with E-state index in [1.165, 1.54) is 0 Å². The van der Waals surface area contributed by atoms with Gasteiger partial charge in [-0.1, -0.05) is 13.8 Å². The van der Waals surface area contributed by atoms with Crippen molar-refractivity contribution in [2.45, 2.75) is 51.2 Å². The lowest BCUT2D eigenvalue weighted by Crippen LogP contribution is -2.48. The highest BCUT2D eigenvalue weighted by Gasteiger charge is 2.43. The molecule has 2 heterocycles. The topological polar surface area (TPSA) is 49.8 Å². The molecule has 1 fully saturated rings. The van der Waals surface area contributed by atoms with Gasteiger partial charge in [0.1, 0.15) is 5.75 Å². The van der Waals surface area contributed by atoms with E-state index in [2.05, 4.69) is 13.8 Å². The van der Waals surface area contributed by atoms with Gasteiger partial charge in [0.2, 0.25) is 0 Å². The second-order valence-electron chi connectivity index (χ2n) is 7.30. The summed E-state index contributed by atoms with van der Waals surface area (Å²) >= 11 is 0. The predicted octanol–water partition coefficient (Wildman–Crippen LogP) is 2.34. The number of aliphatic hydroxyl groups is 1. The van der Waals surface area contributed by atoms with Crippen LogP contribution in [0.4, 0.5) is 0 Å². The largest absolute Gasteiger partial charge is 0.492 e. The monoisotopic (exact) mass is 289 g/mol. The lowest BCUT2D eigenvalue weighted by atomic mass is 9.86. The van der Waals surface area contributed by atoms with E-state index >= 15 is 0 Å². The molecule has 1 amide bonds. The van der Waals surface area contributed by atoms with Gasteiger partial charge in [-0.25, -0.2) is 0 Å². The molecule has 0 saturated carbocycles. The van der Waals surface area contributed by atoms with Crippen LogP contribution in [0.3, 0.4) is 0 Å². The molecule has 0 spiro atoms. The van der Waals surface area contributed by atoms with E-state index in [0.717, 1.165) is 11.3 Å². The van der Waals surface area contributed by atoms with Gasteiger partial charge >= 0.3 is 0 Å². The third-order valence-electron chi connectivity index (χ3n) is 4.93. The van der Waals surface area contributed by atoms with Crippen LogP contribution in [0.1, 0.15) is 50.0 Å². The maximum atomic E-state index is 12.8. The van der Waals surface area contributed by atoms with Crippen molar-refractivity contribution in [1.29, 1.82) is 0 Å². The minimum absolute atomic E-state index is 0.0120. The smallest absolute Gasteiger partial charge is 0.254 e. The van der Waals surface area contributed by atoms with Crippen LogP contribution in [0.25, 0.3) is 0 Å². The zero-order valence-electron chi connectivity index (χ0n) is 13.1. The Kier molecular flexibility index (Phi) is 3.06. The maximum Gasteiger partial charge on any atom is 0.254 e. The lowest BCUT2D eigenvalue weighted by molar-refractivity contribution is 0.0394. The van der Waals surface area contributed by atoms with Crippen LogP contribution in [-0.2, 0) is 5.41 Å². The standard InChI is InChI=1S/C17H23NO3/c1-16(2)10-21-13-6-5-11(9-12(13)16)15(20)18-8-7-14(19)17(18,3)4/h5-6,9,14,19H,7-8,10H2,1-4H3/t14-/m0/s1. The van der Waals surface area contributed by atoms with Crippen LogP contribution in [0, 0.1) is 0 Å². The molecule has 4 nitrogen and oxygen atoms in total. The minimum Gasteiger partial charge on any atom is -0.492 e. The quantitative estimate of drug-likeness (QED) is 0.863. The van der Waals surface area contributed by atoms with Crippen LogP contribution in [-0.4, -0.2) is 40.7 Å². The van der Waals surface area contributed by atoms with E-state index in [9.17, 15) is 9.90 Å². The summed E-state index contributed by atoms with van der Waals surface area (Å²) in [6.07, 6.45) is 0.175. The summed E-state index contributed by atoms with van der Waals surface area (Å²) in [7, 11) is 0. The van der Waals surface area contributed by atoms with Crippen molar-refractivity contribution in [2.24, 2.45) is 0 Å². The Balaban J connectivity index is 1.94. The van der Waals surface area contributed by atoms with Gasteiger partial charge in [-0.2, -0.15) is 0 Å². The molecule has 21 heavy (non-hydrogen) atoms. The van der Waals surface area contributed by atoms with E-state index in [1.807, 2.05) is 32.0 Å². The zero-order chi connectivity index (χ0) is 15.4. The SMILES string of the molecule is CC1(C)COc2ccc(C(=O)N3CC[C@H](O)C3(C)C)cc21. The Morgan fingerprint density at radius 1 is 1.33 bits per heavy atom. The third-order valence-corrected chi connectivity index (χ3v) is 4.93. The molecule has 0 aromatic heterocycles. The number of nitrogens with zero attached hydrogens (tertiary/aromatic N) is 1. The molecule has 3 rings (SSSR count). The van der Waals surface area contributed by atoms with E-state index in [1.54, 1.807) is 4.90 Å². The summed E-state index contributed by atoms with van der Waals surface area (Å²) in [5, 5.41) is 10.0. The van der Waals surface area contributed by atoms with Crippen molar-refractivity contribution in [2.75, 3.05) is 13.2 Å². The maximum absolute atomic E-state index is 12.8. The summed E-state index contributed by atoms with van der Waals surface area (Å²) in [5.74, 6) is 0.860. The molecular weight excluding hydrogens is 266 g/mol. The lowest BCUT2D eigenvalue weighted by Gasteiger charge is -2.34. The van der Waals surface area contributed by atoms with E-state index < -0.39 is 11.6 Å². The van der Waals surface area contributed by atoms with Gasteiger partial charge in [-0.05, 0) is 38.5 Å². The van der Waals surface area contributed by atoms with Crippen molar-refractivity contribution < 1.29 is 14.6 Å². The van der Waals surface area contributed by atoms with Gasteiger partial charge in [0.25, 0.3) is 5.91 Å². The number of ether oxygens (including phenoxy) is 1. The molecule has 1 aromatic rings. The average molecular weight is 289 g/mol. The van der Waals surface area contributed by atoms with Crippen LogP contribution in [0.2, 0.25) is 0 Å². The second kappa shape index (κ2) is 4.47. The van der Waals surface area contributed by atoms with E-state index in [0.29, 0.717) is 25.1 Å². The van der Waals surface area contributed by atoms with Gasteiger partial charge in [0.15, 0.2) is 0 Å². The number of carbonyl (C=O) groups excluding carboxylic acids is 1. The summed E-state index contributed by atoms with van der Waals surface area (Å²) in [5.41, 5.74) is 1.19. The highest BCUT2D eigenvalue weighted by molar-refractivity contribution is 5.95. The van der Waals surface area contributed by atoms with Crippen molar-refractivity contribution in [1.82, 2.24) is 4.90 Å². The number of likely N-dealkylation sites (tertiary alicyclic amines) is 1. The summed E-state index contributed by atoms with van der Waals surface area (Å²) in [4.78, 5) is 14.6. The molecule has 2 aliphatic rings. The number of carbonyl (C=O) groups is 1. The molecule has 2 aliphatic heterocycles. The second-order valence-corrected chi connectivity index (χ2v) is 7.30. The van der Waals surface area contributed by atoms with E-state index in [-0.39, 0.29) is 11.3 Å². The Morgan fingerprint density at radius 3 is 2.67 bits per heavy atom. The molecule has 1 atom stereocenters. The molecule has 0 radical (unpaired) electrons. The number of hydrogen-bond acceptors (Lipinski definition) is 3. The molecule has 0 aliphatic carbocycles. The van der Waals surface area contributed by atoms with Crippen molar-refractivity contribution in [3.63, 3.8) is 0 Å². The summed E-state index contributed by atoms with van der Waals surface area (Å²) in [6.45, 7) is 9.33. The Morgan fingerprint density at radius 2 is 2.05 bits per heavy atom. The number of aliphatic hydroxyl groups excluding tert-OH is 1. The first-order chi connectivity index (χ1) is 9.73. The van der Waals surface area contributed by atoms with Gasteiger partial charge in [0, 0.05) is 23.1 Å². The molecule has 1 N–H and O–H groups in total. The third kappa shape index (κ3) is 2.13. The zero-order valence-corrected chi connectivity index (χ0v) is 13.1. The average Bonchev–Trinajstić information content (AvgIpc) is 2.87. The van der Waals surface area contributed by atoms with Crippen molar-refractivity contribution >= 4 is 5.91 Å². The fourth-order valence-electron chi connectivity index (χ4n) is 3.25. The number of benzene rings is 1. The molecule has 4 heteroatoms. The van der Waals surface area contributed by atoms with Crippen LogP contribution in [0.15, 0.2) is 18.2 Å². The normalized spacial score (nSPS) is 25.6. The van der Waals surface area contributed by atoms with Gasteiger partial charge in [0.05, 0.1) is 18.2 Å². The highest BCUT2D eigenvalue weighted by atomic mass is 16.5. The Hall–Kier alpha value is -1.55. The first kappa shape index (κ1) is 14.4. The molecule has 0 unspecified atom stereocenters. The van der Waals surface area contributed by atoms with Gasteiger partial charge in [-0.15, -0.1) is 0 Å². The number of fused-ring (bicyclic) bond motifs is 1. The van der Waals surface area contributed by atoms with Crippen LogP contribution >= 0.6 is 0 Å². The van der Waals surface area contributed by atoms with Crippen LogP contribution < -0.4 is 4.74 Å². The number of amides is 1. The fourth-order valence-corrected chi connectivity index (χ4v) is 3.25. The summed E-state index contributed by atoms with van der Waals surface area (Å²) in [6, 6.07) is 5.66. The predicted molar refractivity (Wildman–Crippen MR) is 80.7 cm³/mol. The minimum atomic E-state index is -0.512. The number of hydrogen-bond donors (Lipinski definition) is 1. The molecule has 1 aromatic carbocycles. The van der Waals surface area contributed by atoms with Crippen LogP contribution in [0.5, 0.6) is 5.75 Å². The summed E-state index contributed by atoms with van der Waals surface area (Å²) < 4.78 is 5.67. The Bertz CT molecular complexity index is 592. The molecule has 114 valence electrons. The molecule has 1 saturated heterocycles. The number of rotatable bonds is 1. The van der Waals surface area contributed by atoms with Gasteiger partial charge < -0.3 is 14.7 Å². The molecular formula is C17H23NO3. The Labute approximate surface area is 125 Å². The first-order valence-electron chi connectivity index (χ1n) is 7.51. The van der Waals surface area contributed by atoms with Crippen molar-refractivity contribution in [3.8, 4) is 5.75 Å². The molecule has 0 bridgehead atoms. The first-order valence-corrected chi connectivity index (χ1v) is 7.51. The van der Waals surface area contributed by atoms with Gasteiger partial charge in [-0.3, -0.25) is 4.79 Å². The fraction of sp³-hybridized carbons (Fsp3) is 0.588. The van der Waals surface area contributed by atoms with Crippen molar-refractivity contribution in [3.05, 3.63) is 29.3 Å². The highest BCUT2D eigenvalue weighted by Crippen LogP contribution is 2.39. The van der Waals surface area contributed by atoms with E-state index in [4.69, 9.17) is 4.74 Å².